The van der Waals surface area contributed by atoms with E-state index in [4.69, 9.17) is 4.74 Å². The molecule has 30 heavy (non-hydrogen) atoms. The number of esters is 1. The van der Waals surface area contributed by atoms with Gasteiger partial charge in [0.25, 0.3) is 5.56 Å². The SMILES string of the molecule is CCOC(=O)C1=C(C)N=c2s/c(=C\c3cccnc3)c(=O)n2[C@H]1c1ccc(Br)cc1. The van der Waals surface area contributed by atoms with E-state index in [2.05, 4.69) is 25.9 Å². The summed E-state index contributed by atoms with van der Waals surface area (Å²) in [7, 11) is 0. The van der Waals surface area contributed by atoms with E-state index in [0.29, 0.717) is 20.6 Å². The van der Waals surface area contributed by atoms with Gasteiger partial charge in [-0.05, 0) is 49.2 Å². The molecule has 1 aliphatic heterocycles. The molecular weight excluding hydrogens is 466 g/mol. The predicted octanol–water partition coefficient (Wildman–Crippen LogP) is 2.96. The number of halogens is 1. The molecule has 3 heterocycles. The summed E-state index contributed by atoms with van der Waals surface area (Å²) in [6.45, 7) is 3.77. The number of fused-ring (bicyclic) bond motifs is 1. The number of pyridine rings is 1. The number of hydrogen-bond donors (Lipinski definition) is 0. The van der Waals surface area contributed by atoms with Gasteiger partial charge in [-0.1, -0.05) is 45.5 Å². The Balaban J connectivity index is 1.96. The molecule has 0 aliphatic carbocycles. The molecule has 0 fully saturated rings. The van der Waals surface area contributed by atoms with Crippen molar-refractivity contribution in [2.75, 3.05) is 6.61 Å². The fourth-order valence-electron chi connectivity index (χ4n) is 3.36. The normalized spacial score (nSPS) is 16.2. The van der Waals surface area contributed by atoms with Crippen LogP contribution in [0.15, 0.2) is 74.3 Å². The summed E-state index contributed by atoms with van der Waals surface area (Å²) in [5, 5.41) is 0. The van der Waals surface area contributed by atoms with E-state index in [1.807, 2.05) is 36.4 Å². The molecule has 2 aromatic heterocycles. The molecule has 0 N–H and O–H groups in total. The van der Waals surface area contributed by atoms with Crippen molar-refractivity contribution in [1.82, 2.24) is 9.55 Å². The third-order valence-electron chi connectivity index (χ3n) is 4.68. The van der Waals surface area contributed by atoms with Crippen LogP contribution >= 0.6 is 27.3 Å². The monoisotopic (exact) mass is 483 g/mol. The molecule has 4 rings (SSSR count). The van der Waals surface area contributed by atoms with Crippen LogP contribution in [0.1, 0.15) is 31.0 Å². The molecule has 6 nitrogen and oxygen atoms in total. The number of thiazole rings is 1. The molecule has 0 saturated heterocycles. The Morgan fingerprint density at radius 3 is 2.73 bits per heavy atom. The molecule has 0 saturated carbocycles. The number of rotatable bonds is 4. The molecule has 8 heteroatoms. The first-order chi connectivity index (χ1) is 14.5. The Hall–Kier alpha value is -2.84. The molecular formula is C22H18BrN3O3S. The number of hydrogen-bond acceptors (Lipinski definition) is 6. The highest BCUT2D eigenvalue weighted by Crippen LogP contribution is 2.31. The van der Waals surface area contributed by atoms with Crippen LogP contribution in [0.2, 0.25) is 0 Å². The zero-order valence-electron chi connectivity index (χ0n) is 16.3. The van der Waals surface area contributed by atoms with E-state index >= 15 is 0 Å². The minimum atomic E-state index is -0.607. The second kappa shape index (κ2) is 8.49. The summed E-state index contributed by atoms with van der Waals surface area (Å²) < 4.78 is 8.31. The minimum absolute atomic E-state index is 0.204. The number of nitrogens with zero attached hydrogens (tertiary/aromatic N) is 3. The van der Waals surface area contributed by atoms with Crippen molar-refractivity contribution in [2.24, 2.45) is 4.99 Å². The Bertz CT molecular complexity index is 1310. The van der Waals surface area contributed by atoms with E-state index in [9.17, 15) is 9.59 Å². The maximum absolute atomic E-state index is 13.4. The Kier molecular flexibility index (Phi) is 5.78. The van der Waals surface area contributed by atoms with Gasteiger partial charge in [0.2, 0.25) is 0 Å². The van der Waals surface area contributed by atoms with Gasteiger partial charge < -0.3 is 4.74 Å². The van der Waals surface area contributed by atoms with E-state index < -0.39 is 12.0 Å². The third-order valence-corrected chi connectivity index (χ3v) is 6.20. The van der Waals surface area contributed by atoms with Gasteiger partial charge in [0.15, 0.2) is 4.80 Å². The molecule has 0 spiro atoms. The van der Waals surface area contributed by atoms with Crippen molar-refractivity contribution >= 4 is 39.3 Å². The van der Waals surface area contributed by atoms with Crippen molar-refractivity contribution in [3.05, 3.63) is 95.3 Å². The summed E-state index contributed by atoms with van der Waals surface area (Å²) in [6.07, 6.45) is 5.17. The van der Waals surface area contributed by atoms with Gasteiger partial charge in [-0.15, -0.1) is 0 Å². The highest BCUT2D eigenvalue weighted by Gasteiger charge is 2.33. The Morgan fingerprint density at radius 2 is 2.07 bits per heavy atom. The summed E-state index contributed by atoms with van der Waals surface area (Å²) in [5.41, 5.74) is 2.36. The number of benzene rings is 1. The van der Waals surface area contributed by atoms with Crippen LogP contribution in [-0.2, 0) is 9.53 Å². The number of carbonyl (C=O) groups is 1. The smallest absolute Gasteiger partial charge is 0.338 e. The summed E-state index contributed by atoms with van der Waals surface area (Å²) in [4.78, 5) is 35.4. The number of ether oxygens (including phenoxy) is 1. The second-order valence-electron chi connectivity index (χ2n) is 6.64. The minimum Gasteiger partial charge on any atom is -0.463 e. The van der Waals surface area contributed by atoms with Crippen molar-refractivity contribution in [2.45, 2.75) is 19.9 Å². The maximum atomic E-state index is 13.4. The maximum Gasteiger partial charge on any atom is 0.338 e. The van der Waals surface area contributed by atoms with Gasteiger partial charge in [-0.3, -0.25) is 14.3 Å². The van der Waals surface area contributed by atoms with Gasteiger partial charge in [-0.25, -0.2) is 9.79 Å². The van der Waals surface area contributed by atoms with Crippen molar-refractivity contribution in [3.8, 4) is 0 Å². The number of aromatic nitrogens is 2. The lowest BCUT2D eigenvalue weighted by molar-refractivity contribution is -0.139. The highest BCUT2D eigenvalue weighted by atomic mass is 79.9. The lowest BCUT2D eigenvalue weighted by Gasteiger charge is -2.24. The Morgan fingerprint density at radius 1 is 1.30 bits per heavy atom. The third kappa shape index (κ3) is 3.80. The van der Waals surface area contributed by atoms with Crippen LogP contribution in [0.3, 0.4) is 0 Å². The molecule has 1 atom stereocenters. The lowest BCUT2D eigenvalue weighted by Crippen LogP contribution is -2.39. The molecule has 0 unspecified atom stereocenters. The van der Waals surface area contributed by atoms with E-state index in [-0.39, 0.29) is 12.2 Å². The summed E-state index contributed by atoms with van der Waals surface area (Å²) in [6, 6.07) is 10.7. The molecule has 152 valence electrons. The lowest BCUT2D eigenvalue weighted by atomic mass is 9.96. The zero-order valence-corrected chi connectivity index (χ0v) is 18.7. The second-order valence-corrected chi connectivity index (χ2v) is 8.56. The van der Waals surface area contributed by atoms with Crippen LogP contribution in [0.4, 0.5) is 0 Å². The van der Waals surface area contributed by atoms with Gasteiger partial charge in [0.1, 0.15) is 0 Å². The molecule has 3 aromatic rings. The van der Waals surface area contributed by atoms with E-state index in [1.54, 1.807) is 36.9 Å². The first kappa shape index (κ1) is 20.4. The summed E-state index contributed by atoms with van der Waals surface area (Å²) in [5.74, 6) is -0.465. The topological polar surface area (TPSA) is 73.6 Å². The Labute approximate surface area is 185 Å². The highest BCUT2D eigenvalue weighted by molar-refractivity contribution is 9.10. The van der Waals surface area contributed by atoms with Crippen LogP contribution in [-0.4, -0.2) is 22.1 Å². The molecule has 1 aliphatic rings. The molecule has 0 bridgehead atoms. The van der Waals surface area contributed by atoms with Crippen molar-refractivity contribution < 1.29 is 9.53 Å². The largest absolute Gasteiger partial charge is 0.463 e. The van der Waals surface area contributed by atoms with Gasteiger partial charge in [-0.2, -0.15) is 0 Å². The quantitative estimate of drug-likeness (QED) is 0.534. The summed E-state index contributed by atoms with van der Waals surface area (Å²) >= 11 is 4.73. The first-order valence-corrected chi connectivity index (χ1v) is 11.0. The average molecular weight is 484 g/mol. The van der Waals surface area contributed by atoms with Crippen molar-refractivity contribution in [1.29, 1.82) is 0 Å². The standard InChI is InChI=1S/C22H18BrN3O3S/c1-3-29-21(28)18-13(2)25-22-26(19(18)15-6-8-16(23)9-7-15)20(27)17(30-22)11-14-5-4-10-24-12-14/h4-12,19H,3H2,1-2H3/b17-11-/t19-/m0/s1. The van der Waals surface area contributed by atoms with E-state index in [0.717, 1.165) is 15.6 Å². The van der Waals surface area contributed by atoms with Crippen molar-refractivity contribution in [3.63, 3.8) is 0 Å². The van der Waals surface area contributed by atoms with E-state index in [1.165, 1.54) is 11.3 Å². The zero-order chi connectivity index (χ0) is 21.3. The predicted molar refractivity (Wildman–Crippen MR) is 119 cm³/mol. The average Bonchev–Trinajstić information content (AvgIpc) is 3.03. The van der Waals surface area contributed by atoms with Gasteiger partial charge >= 0.3 is 5.97 Å². The van der Waals surface area contributed by atoms with Crippen LogP contribution in [0.25, 0.3) is 6.08 Å². The first-order valence-electron chi connectivity index (χ1n) is 9.34. The fourth-order valence-corrected chi connectivity index (χ4v) is 4.68. The van der Waals surface area contributed by atoms with Gasteiger partial charge in [0, 0.05) is 16.9 Å². The van der Waals surface area contributed by atoms with Gasteiger partial charge in [0.05, 0.1) is 28.5 Å². The van der Waals surface area contributed by atoms with Crippen LogP contribution in [0, 0.1) is 0 Å². The van der Waals surface area contributed by atoms with Crippen LogP contribution in [0.5, 0.6) is 0 Å². The fraction of sp³-hybridized carbons (Fsp3) is 0.182. The number of allylic oxidation sites excluding steroid dienone is 1. The van der Waals surface area contributed by atoms with Crippen LogP contribution < -0.4 is 14.9 Å². The molecule has 0 amide bonds. The molecule has 1 aromatic carbocycles. The molecule has 0 radical (unpaired) electrons. The number of carbonyl (C=O) groups excluding carboxylic acids is 1.